The van der Waals surface area contributed by atoms with E-state index in [4.69, 9.17) is 4.74 Å². The lowest BCUT2D eigenvalue weighted by atomic mass is 10.0. The van der Waals surface area contributed by atoms with Gasteiger partial charge in [-0.05, 0) is 59.3 Å². The molecular formula is C28H47N7O6. The number of hydrazine groups is 3. The summed E-state index contributed by atoms with van der Waals surface area (Å²) in [6.45, 7) is 7.61. The quantitative estimate of drug-likeness (QED) is 0.256. The molecule has 6 atom stereocenters. The third-order valence-corrected chi connectivity index (χ3v) is 8.19. The number of carbonyl (C=O) groups excluding carboxylic acids is 3. The smallest absolute Gasteiger partial charge is 0.408 e. The zero-order valence-electron chi connectivity index (χ0n) is 24.7. The fourth-order valence-electron chi connectivity index (χ4n) is 5.84. The molecule has 6 N–H and O–H groups in total. The Labute approximate surface area is 242 Å². The van der Waals surface area contributed by atoms with Crippen LogP contribution in [0.1, 0.15) is 91.9 Å². The van der Waals surface area contributed by atoms with E-state index in [-0.39, 0.29) is 37.0 Å². The average Bonchev–Trinajstić information content (AvgIpc) is 3.22. The van der Waals surface area contributed by atoms with Crippen molar-refractivity contribution in [3.8, 4) is 0 Å². The van der Waals surface area contributed by atoms with Crippen LogP contribution in [-0.2, 0) is 19.1 Å². The van der Waals surface area contributed by atoms with Crippen LogP contribution < -0.4 is 27.0 Å². The maximum Gasteiger partial charge on any atom is 0.408 e. The standard InChI is InChI=1S/C28H47N7O6/c1-5-6-14-22-31-33-35(32-22)19-15-21-23(36)30-28(25(38)39)16-18(28)12-10-8-7-9-11-13-20(24(37)34(21)17-19)29-26(40)41-27(2,3)4/h10,12,18-22,31-33H,5-9,11,13-17H2,1-4H3,(H,29,40)(H,30,36)(H,38,39)/b12-10-/t18-,19+,20-,21+,22?,28+/m1/s1. The number of alkyl carbamates (subject to hydrolysis) is 1. The van der Waals surface area contributed by atoms with Crippen molar-refractivity contribution in [2.45, 2.75) is 127 Å². The minimum atomic E-state index is -1.37. The number of unbranched alkanes of at least 4 members (excludes halogenated alkanes) is 1. The summed E-state index contributed by atoms with van der Waals surface area (Å²) in [5, 5.41) is 17.4. The van der Waals surface area contributed by atoms with E-state index in [1.54, 1.807) is 25.9 Å². The molecule has 230 valence electrons. The molecule has 13 nitrogen and oxygen atoms in total. The number of nitrogens with zero attached hydrogens (tertiary/aromatic N) is 2. The van der Waals surface area contributed by atoms with Crippen molar-refractivity contribution < 1.29 is 29.0 Å². The summed E-state index contributed by atoms with van der Waals surface area (Å²) in [5.41, 5.74) is 7.58. The largest absolute Gasteiger partial charge is 0.479 e. The summed E-state index contributed by atoms with van der Waals surface area (Å²) in [6, 6.07) is -2.05. The third kappa shape index (κ3) is 7.76. The van der Waals surface area contributed by atoms with Crippen molar-refractivity contribution in [1.82, 2.24) is 37.0 Å². The molecule has 2 saturated heterocycles. The highest BCUT2D eigenvalue weighted by Gasteiger charge is 2.61. The molecule has 41 heavy (non-hydrogen) atoms. The summed E-state index contributed by atoms with van der Waals surface area (Å²) in [4.78, 5) is 54.3. The molecule has 3 aliphatic heterocycles. The second kappa shape index (κ2) is 13.1. The van der Waals surface area contributed by atoms with E-state index in [0.717, 1.165) is 38.5 Å². The highest BCUT2D eigenvalue weighted by molar-refractivity contribution is 5.96. The number of rotatable bonds is 6. The van der Waals surface area contributed by atoms with Gasteiger partial charge in [-0.15, -0.1) is 0 Å². The molecule has 13 heteroatoms. The SMILES string of the molecule is CCCCC1NNN([C@H]2C[C@H]3C(=O)N[C@@]4(C(=O)O)C[C@H]4/C=C\CCCCC[C@@H](NC(=O)OC(C)(C)C)C(=O)N3C2)N1. The molecule has 0 aromatic carbocycles. The van der Waals surface area contributed by atoms with Gasteiger partial charge >= 0.3 is 12.1 Å². The van der Waals surface area contributed by atoms with E-state index in [1.807, 2.05) is 12.2 Å². The maximum atomic E-state index is 14.1. The van der Waals surface area contributed by atoms with Crippen LogP contribution in [-0.4, -0.2) is 81.0 Å². The number of hydrogen-bond acceptors (Lipinski definition) is 9. The minimum absolute atomic E-state index is 0.00777. The first kappa shape index (κ1) is 31.2. The molecule has 3 heterocycles. The number of carboxylic acids is 1. The molecule has 4 rings (SSSR count). The average molecular weight is 578 g/mol. The van der Waals surface area contributed by atoms with Crippen LogP contribution >= 0.6 is 0 Å². The lowest BCUT2D eigenvalue weighted by Gasteiger charge is -2.30. The second-order valence-electron chi connectivity index (χ2n) is 12.7. The molecular weight excluding hydrogens is 530 g/mol. The fourth-order valence-corrected chi connectivity index (χ4v) is 5.84. The van der Waals surface area contributed by atoms with Gasteiger partial charge < -0.3 is 25.4 Å². The van der Waals surface area contributed by atoms with Gasteiger partial charge in [-0.1, -0.05) is 44.8 Å². The van der Waals surface area contributed by atoms with Gasteiger partial charge in [-0.3, -0.25) is 9.59 Å². The van der Waals surface area contributed by atoms with Crippen LogP contribution in [0, 0.1) is 5.92 Å². The second-order valence-corrected chi connectivity index (χ2v) is 12.7. The lowest BCUT2D eigenvalue weighted by Crippen LogP contribution is -2.56. The van der Waals surface area contributed by atoms with E-state index in [9.17, 15) is 24.3 Å². The highest BCUT2D eigenvalue weighted by atomic mass is 16.6. The molecule has 1 aliphatic carbocycles. The number of amides is 3. The lowest BCUT2D eigenvalue weighted by molar-refractivity contribution is -0.145. The van der Waals surface area contributed by atoms with Crippen LogP contribution in [0.4, 0.5) is 4.79 Å². The molecule has 0 aromatic rings. The van der Waals surface area contributed by atoms with Crippen LogP contribution in [0.25, 0.3) is 0 Å². The Morgan fingerprint density at radius 2 is 2.00 bits per heavy atom. The van der Waals surface area contributed by atoms with Crippen molar-refractivity contribution in [2.24, 2.45) is 5.92 Å². The van der Waals surface area contributed by atoms with E-state index in [1.165, 1.54) is 4.90 Å². The number of carboxylic acid groups (broad SMARTS) is 1. The Balaban J connectivity index is 1.58. The predicted octanol–water partition coefficient (Wildman–Crippen LogP) is 1.67. The van der Waals surface area contributed by atoms with Gasteiger partial charge in [0, 0.05) is 12.5 Å². The third-order valence-electron chi connectivity index (χ3n) is 8.19. The van der Waals surface area contributed by atoms with E-state index in [0.29, 0.717) is 19.3 Å². The Morgan fingerprint density at radius 3 is 2.71 bits per heavy atom. The van der Waals surface area contributed by atoms with Gasteiger partial charge in [0.05, 0.1) is 12.2 Å². The van der Waals surface area contributed by atoms with Crippen molar-refractivity contribution in [2.75, 3.05) is 6.54 Å². The van der Waals surface area contributed by atoms with Gasteiger partial charge in [-0.25, -0.2) is 20.4 Å². The first-order valence-electron chi connectivity index (χ1n) is 15.0. The van der Waals surface area contributed by atoms with E-state index in [2.05, 4.69) is 33.9 Å². The Bertz CT molecular complexity index is 1020. The Kier molecular flexibility index (Phi) is 9.93. The number of aliphatic carboxylic acids is 1. The monoisotopic (exact) mass is 577 g/mol. The van der Waals surface area contributed by atoms with Crippen molar-refractivity contribution in [1.29, 1.82) is 0 Å². The van der Waals surface area contributed by atoms with E-state index >= 15 is 0 Å². The van der Waals surface area contributed by atoms with Crippen LogP contribution in [0.15, 0.2) is 12.2 Å². The predicted molar refractivity (Wildman–Crippen MR) is 150 cm³/mol. The molecule has 0 radical (unpaired) electrons. The molecule has 3 fully saturated rings. The molecule has 3 amide bonds. The number of carbonyl (C=O) groups is 4. The Morgan fingerprint density at radius 1 is 1.22 bits per heavy atom. The van der Waals surface area contributed by atoms with Crippen molar-refractivity contribution >= 4 is 23.9 Å². The van der Waals surface area contributed by atoms with Crippen LogP contribution in [0.3, 0.4) is 0 Å². The Hall–Kier alpha value is -2.74. The molecule has 0 spiro atoms. The van der Waals surface area contributed by atoms with Crippen molar-refractivity contribution in [3.05, 3.63) is 12.2 Å². The minimum Gasteiger partial charge on any atom is -0.479 e. The van der Waals surface area contributed by atoms with Crippen LogP contribution in [0.5, 0.6) is 0 Å². The van der Waals surface area contributed by atoms with Gasteiger partial charge in [-0.2, -0.15) is 10.7 Å². The number of allylic oxidation sites excluding steroid dienone is 1. The molecule has 1 saturated carbocycles. The summed E-state index contributed by atoms with van der Waals surface area (Å²) in [6.07, 6.45) is 10.4. The van der Waals surface area contributed by atoms with E-state index < -0.39 is 41.2 Å². The van der Waals surface area contributed by atoms with Gasteiger partial charge in [0.25, 0.3) is 0 Å². The van der Waals surface area contributed by atoms with Crippen molar-refractivity contribution in [3.63, 3.8) is 0 Å². The maximum absolute atomic E-state index is 14.1. The first-order valence-corrected chi connectivity index (χ1v) is 15.0. The molecule has 4 aliphatic rings. The molecule has 1 unspecified atom stereocenters. The summed E-state index contributed by atoms with van der Waals surface area (Å²) in [5.74, 6) is -2.24. The van der Waals surface area contributed by atoms with Gasteiger partial charge in [0.15, 0.2) is 0 Å². The normalized spacial score (nSPS) is 34.0. The number of ether oxygens (including phenoxy) is 1. The summed E-state index contributed by atoms with van der Waals surface area (Å²) in [7, 11) is 0. The van der Waals surface area contributed by atoms with Gasteiger partial charge in [0.2, 0.25) is 11.8 Å². The van der Waals surface area contributed by atoms with Gasteiger partial charge in [0.1, 0.15) is 23.2 Å². The number of fused-ring (bicyclic) bond motifs is 2. The number of hydrogen-bond donors (Lipinski definition) is 6. The fraction of sp³-hybridized carbons (Fsp3) is 0.786. The zero-order chi connectivity index (χ0) is 29.8. The zero-order valence-corrected chi connectivity index (χ0v) is 24.7. The summed E-state index contributed by atoms with van der Waals surface area (Å²) < 4.78 is 5.44. The first-order chi connectivity index (χ1) is 19.4. The summed E-state index contributed by atoms with van der Waals surface area (Å²) >= 11 is 0. The topological polar surface area (TPSA) is 164 Å². The molecule has 0 bridgehead atoms. The van der Waals surface area contributed by atoms with Crippen LogP contribution in [0.2, 0.25) is 0 Å². The number of nitrogens with one attached hydrogen (secondary N) is 5. The molecule has 0 aromatic heterocycles. The highest BCUT2D eigenvalue weighted by Crippen LogP contribution is 2.45.